The summed E-state index contributed by atoms with van der Waals surface area (Å²) >= 11 is 11.5. The van der Waals surface area contributed by atoms with E-state index in [1.54, 1.807) is 24.3 Å². The first-order chi connectivity index (χ1) is 9.97. The number of halogens is 2. The SMILES string of the molecule is O=[N+]([O-])c1cc(Cl)cc(/C=N/Nc2ccc(Cl)cc2)c1O. The molecule has 0 saturated heterocycles. The van der Waals surface area contributed by atoms with Gasteiger partial charge in [0.05, 0.1) is 16.8 Å². The molecule has 6 nitrogen and oxygen atoms in total. The van der Waals surface area contributed by atoms with Crippen molar-refractivity contribution >= 4 is 40.8 Å². The minimum atomic E-state index is -0.717. The molecule has 2 N–H and O–H groups in total. The molecule has 0 atom stereocenters. The molecule has 0 spiro atoms. The van der Waals surface area contributed by atoms with Crippen molar-refractivity contribution in [2.24, 2.45) is 5.10 Å². The molecule has 0 radical (unpaired) electrons. The molecule has 0 unspecified atom stereocenters. The summed E-state index contributed by atoms with van der Waals surface area (Å²) < 4.78 is 0. The van der Waals surface area contributed by atoms with E-state index < -0.39 is 16.4 Å². The van der Waals surface area contributed by atoms with Crippen LogP contribution in [-0.4, -0.2) is 16.2 Å². The highest BCUT2D eigenvalue weighted by Crippen LogP contribution is 2.32. The molecule has 2 rings (SSSR count). The zero-order valence-corrected chi connectivity index (χ0v) is 12.0. The zero-order chi connectivity index (χ0) is 15.4. The largest absolute Gasteiger partial charge is 0.502 e. The molecule has 21 heavy (non-hydrogen) atoms. The molecule has 0 aliphatic heterocycles. The average molecular weight is 326 g/mol. The van der Waals surface area contributed by atoms with Crippen LogP contribution in [-0.2, 0) is 0 Å². The molecule has 2 aromatic carbocycles. The van der Waals surface area contributed by atoms with Gasteiger partial charge in [0.2, 0.25) is 5.75 Å². The fraction of sp³-hybridized carbons (Fsp3) is 0. The van der Waals surface area contributed by atoms with Crippen molar-refractivity contribution in [1.29, 1.82) is 0 Å². The molecular weight excluding hydrogens is 317 g/mol. The first-order valence-corrected chi connectivity index (χ1v) is 6.44. The van der Waals surface area contributed by atoms with Gasteiger partial charge < -0.3 is 5.11 Å². The Morgan fingerprint density at radius 1 is 1.19 bits per heavy atom. The molecule has 8 heteroatoms. The number of benzene rings is 2. The molecule has 0 aliphatic rings. The third kappa shape index (κ3) is 3.84. The standard InChI is InChI=1S/C13H9Cl2N3O3/c14-9-1-3-11(4-2-9)17-16-7-8-5-10(15)6-12(13(8)19)18(20)21/h1-7,17,19H/b16-7+. The molecule has 108 valence electrons. The normalized spacial score (nSPS) is 10.8. The van der Waals surface area contributed by atoms with Crippen LogP contribution in [0.2, 0.25) is 10.0 Å². The molecule has 2 aromatic rings. The monoisotopic (exact) mass is 325 g/mol. The van der Waals surface area contributed by atoms with E-state index in [-0.39, 0.29) is 10.6 Å². The Balaban J connectivity index is 2.21. The molecule has 0 amide bonds. The lowest BCUT2D eigenvalue weighted by Crippen LogP contribution is -1.94. The second kappa shape index (κ2) is 6.43. The van der Waals surface area contributed by atoms with Gasteiger partial charge in [0.25, 0.3) is 0 Å². The van der Waals surface area contributed by atoms with Crippen LogP contribution in [0.25, 0.3) is 0 Å². The Morgan fingerprint density at radius 2 is 1.86 bits per heavy atom. The molecule has 0 bridgehead atoms. The fourth-order valence-electron chi connectivity index (χ4n) is 1.54. The number of nitro benzene ring substituents is 1. The van der Waals surface area contributed by atoms with Crippen LogP contribution in [0.1, 0.15) is 5.56 Å². The molecule has 0 heterocycles. The van der Waals surface area contributed by atoms with Gasteiger partial charge in [-0.3, -0.25) is 15.5 Å². The van der Waals surface area contributed by atoms with Crippen LogP contribution in [0, 0.1) is 10.1 Å². The fourth-order valence-corrected chi connectivity index (χ4v) is 1.89. The Bertz CT molecular complexity index is 703. The van der Waals surface area contributed by atoms with Crippen LogP contribution in [0.3, 0.4) is 0 Å². The summed E-state index contributed by atoms with van der Waals surface area (Å²) in [5.41, 5.74) is 3.03. The van der Waals surface area contributed by atoms with Crippen molar-refractivity contribution < 1.29 is 10.0 Å². The quantitative estimate of drug-likeness (QED) is 0.504. The molecule has 0 saturated carbocycles. The number of hydrogen-bond donors (Lipinski definition) is 2. The summed E-state index contributed by atoms with van der Waals surface area (Å²) in [4.78, 5) is 10.1. The van der Waals surface area contributed by atoms with E-state index in [1.807, 2.05) is 0 Å². The van der Waals surface area contributed by atoms with Crippen LogP contribution in [0.4, 0.5) is 11.4 Å². The predicted octanol–water partition coefficient (Wildman–Crippen LogP) is 4.05. The van der Waals surface area contributed by atoms with E-state index in [0.717, 1.165) is 6.07 Å². The summed E-state index contributed by atoms with van der Waals surface area (Å²) in [7, 11) is 0. The minimum Gasteiger partial charge on any atom is -0.502 e. The second-order valence-electron chi connectivity index (χ2n) is 4.00. The zero-order valence-electron chi connectivity index (χ0n) is 10.5. The predicted molar refractivity (Wildman–Crippen MR) is 82.4 cm³/mol. The van der Waals surface area contributed by atoms with Crippen molar-refractivity contribution in [3.05, 3.63) is 62.1 Å². The number of rotatable bonds is 4. The lowest BCUT2D eigenvalue weighted by Gasteiger charge is -2.02. The maximum atomic E-state index is 10.8. The van der Waals surface area contributed by atoms with Crippen LogP contribution >= 0.6 is 23.2 Å². The summed E-state index contributed by atoms with van der Waals surface area (Å²) in [5, 5.41) is 25.2. The Labute approximate surface area is 129 Å². The highest BCUT2D eigenvalue weighted by Gasteiger charge is 2.17. The van der Waals surface area contributed by atoms with E-state index in [9.17, 15) is 15.2 Å². The minimum absolute atomic E-state index is 0.132. The third-order valence-electron chi connectivity index (χ3n) is 2.52. The van der Waals surface area contributed by atoms with Gasteiger partial charge in [0, 0.05) is 21.7 Å². The number of anilines is 1. The van der Waals surface area contributed by atoms with Crippen molar-refractivity contribution in [3.63, 3.8) is 0 Å². The van der Waals surface area contributed by atoms with E-state index in [1.165, 1.54) is 12.3 Å². The highest BCUT2D eigenvalue weighted by atomic mass is 35.5. The first-order valence-electron chi connectivity index (χ1n) is 5.69. The van der Waals surface area contributed by atoms with Gasteiger partial charge in [-0.25, -0.2) is 0 Å². The lowest BCUT2D eigenvalue weighted by molar-refractivity contribution is -0.385. The van der Waals surface area contributed by atoms with E-state index in [0.29, 0.717) is 10.7 Å². The molecule has 0 aromatic heterocycles. The van der Waals surface area contributed by atoms with Crippen molar-refractivity contribution in [3.8, 4) is 5.75 Å². The van der Waals surface area contributed by atoms with Gasteiger partial charge in [-0.05, 0) is 30.3 Å². The second-order valence-corrected chi connectivity index (χ2v) is 4.87. The van der Waals surface area contributed by atoms with E-state index in [2.05, 4.69) is 10.5 Å². The van der Waals surface area contributed by atoms with Gasteiger partial charge in [-0.2, -0.15) is 5.10 Å². The van der Waals surface area contributed by atoms with Crippen LogP contribution in [0.15, 0.2) is 41.5 Å². The van der Waals surface area contributed by atoms with Crippen LogP contribution < -0.4 is 5.43 Å². The van der Waals surface area contributed by atoms with Gasteiger partial charge >= 0.3 is 5.69 Å². The maximum Gasteiger partial charge on any atom is 0.312 e. The number of hydrazone groups is 1. The molecule has 0 fully saturated rings. The smallest absolute Gasteiger partial charge is 0.312 e. The van der Waals surface area contributed by atoms with Gasteiger partial charge in [-0.1, -0.05) is 23.2 Å². The summed E-state index contributed by atoms with van der Waals surface area (Å²) in [5.74, 6) is -0.494. The number of aromatic hydroxyl groups is 1. The van der Waals surface area contributed by atoms with Crippen molar-refractivity contribution in [1.82, 2.24) is 0 Å². The molecular formula is C13H9Cl2N3O3. The van der Waals surface area contributed by atoms with Crippen LogP contribution in [0.5, 0.6) is 5.75 Å². The molecule has 0 aliphatic carbocycles. The first kappa shape index (κ1) is 15.1. The topological polar surface area (TPSA) is 87.8 Å². The maximum absolute atomic E-state index is 10.8. The average Bonchev–Trinajstić information content (AvgIpc) is 2.44. The number of phenolic OH excluding ortho intramolecular Hbond substituents is 1. The Kier molecular flexibility index (Phi) is 4.62. The van der Waals surface area contributed by atoms with Crippen molar-refractivity contribution in [2.45, 2.75) is 0 Å². The summed E-state index contributed by atoms with van der Waals surface area (Å²) in [6, 6.07) is 9.22. The van der Waals surface area contributed by atoms with E-state index >= 15 is 0 Å². The van der Waals surface area contributed by atoms with Gasteiger partial charge in [-0.15, -0.1) is 0 Å². The Hall–Kier alpha value is -2.31. The number of phenols is 1. The van der Waals surface area contributed by atoms with E-state index in [4.69, 9.17) is 23.2 Å². The van der Waals surface area contributed by atoms with Gasteiger partial charge in [0.1, 0.15) is 0 Å². The summed E-state index contributed by atoms with van der Waals surface area (Å²) in [6.45, 7) is 0. The third-order valence-corrected chi connectivity index (χ3v) is 2.99. The Morgan fingerprint density at radius 3 is 2.48 bits per heavy atom. The number of nitrogens with one attached hydrogen (secondary N) is 1. The number of nitro groups is 1. The highest BCUT2D eigenvalue weighted by molar-refractivity contribution is 6.31. The van der Waals surface area contributed by atoms with Gasteiger partial charge in [0.15, 0.2) is 0 Å². The number of hydrogen-bond acceptors (Lipinski definition) is 5. The van der Waals surface area contributed by atoms with Crippen molar-refractivity contribution in [2.75, 3.05) is 5.43 Å². The lowest BCUT2D eigenvalue weighted by atomic mass is 10.2. The number of nitrogens with zero attached hydrogens (tertiary/aromatic N) is 2. The summed E-state index contributed by atoms with van der Waals surface area (Å²) in [6.07, 6.45) is 1.24.